The lowest BCUT2D eigenvalue weighted by Gasteiger charge is -2.19. The number of nitrogens with zero attached hydrogens (tertiary/aromatic N) is 2. The van der Waals surface area contributed by atoms with Crippen LogP contribution in [-0.2, 0) is 72.3 Å². The number of nitrogens with one attached hydrogen (secondary N) is 4. The van der Waals surface area contributed by atoms with E-state index in [0.717, 1.165) is 26.5 Å². The zero-order valence-electron chi connectivity index (χ0n) is 44.9. The number of carboxylic acid groups (broad SMARTS) is 1. The van der Waals surface area contributed by atoms with Gasteiger partial charge in [-0.05, 0) is 84.3 Å². The number of allylic oxidation sites excluding steroid dienone is 1. The lowest BCUT2D eigenvalue weighted by molar-refractivity contribution is -0.147. The Balaban J connectivity index is 0.887. The molecule has 6 rings (SSSR count). The number of nitrogens with two attached hydrogens (primary N) is 1. The molecule has 1 aliphatic carbocycles. The number of carbonyl (C=O) groups excluding carboxylic acids is 9. The molecule has 1 aromatic heterocycles. The lowest BCUT2D eigenvalue weighted by Crippen LogP contribution is -2.47. The molecular formula is C56H67N7O16S. The lowest BCUT2D eigenvalue weighted by atomic mass is 10.0. The molecule has 8 amide bonds. The summed E-state index contributed by atoms with van der Waals surface area (Å²) in [6, 6.07) is 10.2. The summed E-state index contributed by atoms with van der Waals surface area (Å²) in [5, 5.41) is 19.3. The number of Topliss-reactive ketones (excluding diaryl/α,β-unsaturated/α-hetero) is 1. The molecule has 0 spiro atoms. The molecule has 3 heterocycles. The number of rotatable bonds is 32. The van der Waals surface area contributed by atoms with E-state index in [0.29, 0.717) is 84.5 Å². The van der Waals surface area contributed by atoms with Gasteiger partial charge in [-0.25, -0.2) is 4.79 Å². The third-order valence-electron chi connectivity index (χ3n) is 13.0. The Morgan fingerprint density at radius 1 is 0.775 bits per heavy atom. The van der Waals surface area contributed by atoms with E-state index in [9.17, 15) is 47.9 Å². The first-order valence-corrected chi connectivity index (χ1v) is 27.0. The summed E-state index contributed by atoms with van der Waals surface area (Å²) in [5.41, 5.74) is 8.83. The number of carbonyl (C=O) groups is 10. The number of benzene rings is 2. The van der Waals surface area contributed by atoms with Crippen LogP contribution >= 0.6 is 11.3 Å². The Morgan fingerprint density at radius 2 is 1.49 bits per heavy atom. The summed E-state index contributed by atoms with van der Waals surface area (Å²) in [5.74, 6) is -2.41. The number of imide groups is 1. The van der Waals surface area contributed by atoms with Crippen LogP contribution in [0.25, 0.3) is 6.08 Å². The topological polar surface area (TPSA) is 318 Å². The minimum absolute atomic E-state index is 0.0712. The van der Waals surface area contributed by atoms with Gasteiger partial charge in [-0.2, -0.15) is 0 Å². The van der Waals surface area contributed by atoms with Crippen molar-refractivity contribution in [3.63, 3.8) is 0 Å². The number of urea groups is 1. The van der Waals surface area contributed by atoms with Gasteiger partial charge in [0.25, 0.3) is 11.8 Å². The van der Waals surface area contributed by atoms with E-state index in [2.05, 4.69) is 21.3 Å². The van der Waals surface area contributed by atoms with Crippen LogP contribution in [0.1, 0.15) is 120 Å². The second kappa shape index (κ2) is 30.0. The summed E-state index contributed by atoms with van der Waals surface area (Å²) < 4.78 is 29.0. The van der Waals surface area contributed by atoms with Crippen LogP contribution in [0.4, 0.5) is 10.5 Å². The standard InChI is InChI=1S/C56H67N7O16S/c1-34-25-44(43(76-3)29-46-39(34)28-47(80-46)41(64)15-19-53(70)71)77-23-8-24-78-45-27-37-32-62(31-36(37)26-42(45)75-2)50(67)18-20-54(72)79-33-35-11-13-38(14-12-35)60-55(73)40(9-7-21-58-56(57)74)61-49(66)30-59-48(65)10-5-4-6-22-63-51(68)16-17-52(63)69/h11-14,16-17,25-29,34,40H,4-10,15,18-24,30-33H2,1-3H3,(H,59,65)(H,60,73)(H,61,66)(H,70,71)(H3,57,58,74)/t34?,40-/m0/s1. The quantitative estimate of drug-likeness (QED) is 0.0205. The van der Waals surface area contributed by atoms with Gasteiger partial charge in [-0.3, -0.25) is 48.1 Å². The molecule has 0 radical (unpaired) electrons. The molecule has 428 valence electrons. The van der Waals surface area contributed by atoms with Crippen LogP contribution in [0.2, 0.25) is 0 Å². The molecule has 1 unspecified atom stereocenters. The number of hydrogen-bond acceptors (Lipinski definition) is 16. The van der Waals surface area contributed by atoms with E-state index in [-0.39, 0.29) is 107 Å². The minimum atomic E-state index is -1.05. The summed E-state index contributed by atoms with van der Waals surface area (Å²) >= 11 is 1.29. The Hall–Kier alpha value is -8.54. The van der Waals surface area contributed by atoms with Crippen LogP contribution in [0, 0.1) is 0 Å². The average Bonchev–Trinajstić information content (AvgIpc) is 4.15. The predicted molar refractivity (Wildman–Crippen MR) is 291 cm³/mol. The molecule has 7 N–H and O–H groups in total. The number of hydrogen-bond donors (Lipinski definition) is 6. The zero-order valence-corrected chi connectivity index (χ0v) is 45.7. The van der Waals surface area contributed by atoms with Crippen molar-refractivity contribution in [2.45, 2.75) is 109 Å². The monoisotopic (exact) mass is 1130 g/mol. The Bertz CT molecular complexity index is 2880. The van der Waals surface area contributed by atoms with E-state index < -0.39 is 42.4 Å². The van der Waals surface area contributed by atoms with Gasteiger partial charge in [0, 0.05) is 86.6 Å². The number of aliphatic carboxylic acids is 1. The molecule has 2 atom stereocenters. The van der Waals surface area contributed by atoms with Gasteiger partial charge in [0.05, 0.1) is 51.7 Å². The van der Waals surface area contributed by atoms with Crippen molar-refractivity contribution >= 4 is 82.3 Å². The molecule has 0 saturated heterocycles. The number of fused-ring (bicyclic) bond motifs is 2. The molecule has 3 aliphatic rings. The number of methoxy groups -OCH3 is 2. The number of thiophene rings is 1. The summed E-state index contributed by atoms with van der Waals surface area (Å²) in [6.45, 7) is 3.12. The smallest absolute Gasteiger partial charge is 0.312 e. The average molecular weight is 1130 g/mol. The maximum Gasteiger partial charge on any atom is 0.312 e. The van der Waals surface area contributed by atoms with Crippen LogP contribution in [-0.4, -0.2) is 127 Å². The molecule has 0 bridgehead atoms. The van der Waals surface area contributed by atoms with Gasteiger partial charge in [0.1, 0.15) is 12.6 Å². The molecule has 3 aromatic rings. The maximum absolute atomic E-state index is 13.4. The van der Waals surface area contributed by atoms with Gasteiger partial charge in [0.2, 0.25) is 23.6 Å². The van der Waals surface area contributed by atoms with Crippen molar-refractivity contribution < 1.29 is 76.7 Å². The first-order valence-electron chi connectivity index (χ1n) is 26.2. The van der Waals surface area contributed by atoms with E-state index >= 15 is 0 Å². The predicted octanol–water partition coefficient (Wildman–Crippen LogP) is 5.12. The number of ether oxygens (including phenoxy) is 5. The second-order valence-electron chi connectivity index (χ2n) is 19.0. The highest BCUT2D eigenvalue weighted by Crippen LogP contribution is 2.38. The molecule has 23 nitrogen and oxygen atoms in total. The van der Waals surface area contributed by atoms with Gasteiger partial charge >= 0.3 is 18.0 Å². The number of amides is 8. The largest absolute Gasteiger partial charge is 0.493 e. The number of primary amides is 1. The fourth-order valence-corrected chi connectivity index (χ4v) is 9.88. The summed E-state index contributed by atoms with van der Waals surface area (Å²) in [6.07, 6.45) is 8.24. The Morgan fingerprint density at radius 3 is 2.17 bits per heavy atom. The molecule has 24 heteroatoms. The third kappa shape index (κ3) is 18.3. The number of anilines is 1. The van der Waals surface area contributed by atoms with Gasteiger partial charge in [-0.15, -0.1) is 11.3 Å². The molecule has 2 aliphatic heterocycles. The highest BCUT2D eigenvalue weighted by molar-refractivity contribution is 7.15. The van der Waals surface area contributed by atoms with Crippen molar-refractivity contribution in [2.75, 3.05) is 52.4 Å². The van der Waals surface area contributed by atoms with Crippen LogP contribution in [0.15, 0.2) is 72.2 Å². The molecular weight excluding hydrogens is 1060 g/mol. The summed E-state index contributed by atoms with van der Waals surface area (Å²) in [4.78, 5) is 127. The molecule has 2 aromatic carbocycles. The van der Waals surface area contributed by atoms with Gasteiger partial charge in [0.15, 0.2) is 28.8 Å². The number of ketones is 1. The first kappa shape index (κ1) is 60.7. The molecule has 80 heavy (non-hydrogen) atoms. The van der Waals surface area contributed by atoms with Crippen LogP contribution < -0.4 is 36.5 Å². The first-order chi connectivity index (χ1) is 38.4. The molecule has 0 saturated carbocycles. The van der Waals surface area contributed by atoms with Crippen molar-refractivity contribution in [1.82, 2.24) is 25.8 Å². The SMILES string of the molecule is COC1=Cc2sc(C(=O)CCC(=O)O)cc2C(C)C=C1OCCCOc1cc2c(cc1OC)CN(C(=O)CCC(=O)OCc1ccc(NC(=O)[C@H](CCCNC(N)=O)NC(=O)CNC(=O)CCCCCN3C(=O)C=CC3=O)cc1)C2. The van der Waals surface area contributed by atoms with Crippen LogP contribution in [0.3, 0.4) is 0 Å². The fourth-order valence-electron chi connectivity index (χ4n) is 8.71. The third-order valence-corrected chi connectivity index (χ3v) is 14.2. The highest BCUT2D eigenvalue weighted by Gasteiger charge is 2.28. The second-order valence-corrected chi connectivity index (χ2v) is 20.1. The number of unbranched alkanes of at least 4 members (excludes halogenated alkanes) is 2. The van der Waals surface area contributed by atoms with E-state index in [1.165, 1.54) is 37.7 Å². The van der Waals surface area contributed by atoms with E-state index in [4.69, 9.17) is 34.5 Å². The fraction of sp³-hybridized carbons (Fsp3) is 0.429. The highest BCUT2D eigenvalue weighted by atomic mass is 32.1. The molecule has 0 fully saturated rings. The normalized spacial score (nSPS) is 14.6. The van der Waals surface area contributed by atoms with Crippen molar-refractivity contribution in [3.05, 3.63) is 104 Å². The van der Waals surface area contributed by atoms with Crippen LogP contribution in [0.5, 0.6) is 11.5 Å². The number of carboxylic acids is 1. The Kier molecular flexibility index (Phi) is 22.8. The zero-order chi connectivity index (χ0) is 57.7. The minimum Gasteiger partial charge on any atom is -0.493 e. The summed E-state index contributed by atoms with van der Waals surface area (Å²) in [7, 11) is 3.07. The van der Waals surface area contributed by atoms with Crippen molar-refractivity contribution in [1.29, 1.82) is 0 Å². The van der Waals surface area contributed by atoms with E-state index in [1.54, 1.807) is 35.2 Å². The van der Waals surface area contributed by atoms with Gasteiger partial charge in [-0.1, -0.05) is 25.5 Å². The Labute approximate surface area is 466 Å². The van der Waals surface area contributed by atoms with Crippen molar-refractivity contribution in [2.24, 2.45) is 5.73 Å². The number of esters is 1. The van der Waals surface area contributed by atoms with E-state index in [1.807, 2.05) is 31.2 Å². The van der Waals surface area contributed by atoms with Crippen molar-refractivity contribution in [3.8, 4) is 11.5 Å². The van der Waals surface area contributed by atoms with Gasteiger partial charge < -0.3 is 60.7 Å². The maximum atomic E-state index is 13.4.